The van der Waals surface area contributed by atoms with E-state index in [1.165, 1.54) is 52.4 Å². The molecule has 6 aliphatic rings. The number of ketones is 2. The number of Topliss-reactive ketones (excluding diaryl/α,β-unsaturated/α-hetero) is 2. The van der Waals surface area contributed by atoms with Crippen molar-refractivity contribution >= 4 is 47.7 Å². The van der Waals surface area contributed by atoms with E-state index in [-0.39, 0.29) is 42.7 Å². The maximum absolute atomic E-state index is 11.2. The zero-order valence-corrected chi connectivity index (χ0v) is 42.6. The van der Waals surface area contributed by atoms with Gasteiger partial charge in [-0.15, -0.1) is 0 Å². The Morgan fingerprint density at radius 1 is 0.457 bits per heavy atom. The molecule has 0 aromatic heterocycles. The number of methoxy groups -OCH3 is 1. The highest BCUT2D eigenvalue weighted by atomic mass is 16.5. The fourth-order valence-electron chi connectivity index (χ4n) is 10.5. The van der Waals surface area contributed by atoms with E-state index < -0.39 is 17.9 Å². The highest BCUT2D eigenvalue weighted by molar-refractivity contribution is 5.94. The van der Waals surface area contributed by atoms with Crippen LogP contribution in [0.15, 0.2) is 0 Å². The van der Waals surface area contributed by atoms with Crippen LogP contribution in [0.3, 0.4) is 0 Å². The van der Waals surface area contributed by atoms with Gasteiger partial charge in [-0.3, -0.25) is 28.8 Å². The van der Waals surface area contributed by atoms with Crippen molar-refractivity contribution in [1.29, 1.82) is 0 Å². The summed E-state index contributed by atoms with van der Waals surface area (Å²) in [5.41, 5.74) is 0. The normalized spacial score (nSPS) is 28.4. The van der Waals surface area contributed by atoms with Gasteiger partial charge in [0.25, 0.3) is 11.9 Å². The molecule has 2 bridgehead atoms. The number of carboxylic acids is 2. The second-order valence-corrected chi connectivity index (χ2v) is 19.7. The van der Waals surface area contributed by atoms with Crippen LogP contribution in [0.1, 0.15) is 150 Å². The molecule has 0 spiro atoms. The summed E-state index contributed by atoms with van der Waals surface area (Å²) < 4.78 is 15.3. The Kier molecular flexibility index (Phi) is 40.1. The predicted molar refractivity (Wildman–Crippen MR) is 251 cm³/mol. The molecule has 6 aliphatic carbocycles. The summed E-state index contributed by atoms with van der Waals surface area (Å²) in [5, 5.41) is 50.9. The van der Waals surface area contributed by atoms with Gasteiger partial charge in [0.05, 0.1) is 13.2 Å². The summed E-state index contributed by atoms with van der Waals surface area (Å²) in [6.07, 6.45) is 19.1. The Hall–Kier alpha value is -4.22. The van der Waals surface area contributed by atoms with Crippen molar-refractivity contribution in [2.45, 2.75) is 150 Å². The number of carboxylic acid groups (broad SMARTS) is 2. The Bertz CT molecular complexity index is 1470. The highest BCUT2D eigenvalue weighted by Crippen LogP contribution is 2.62. The summed E-state index contributed by atoms with van der Waals surface area (Å²) in [5.74, 6) is 5.38. The van der Waals surface area contributed by atoms with Crippen molar-refractivity contribution in [3.8, 4) is 0 Å². The lowest BCUT2D eigenvalue weighted by Gasteiger charge is -2.30. The first-order valence-corrected chi connectivity index (χ1v) is 24.8. The van der Waals surface area contributed by atoms with Crippen molar-refractivity contribution < 1.29 is 92.8 Å². The first-order chi connectivity index (χ1) is 33.2. The van der Waals surface area contributed by atoms with Crippen molar-refractivity contribution in [2.24, 2.45) is 71.0 Å². The maximum Gasteiger partial charge on any atom is 0.373 e. The van der Waals surface area contributed by atoms with E-state index in [2.05, 4.69) is 6.92 Å². The monoisotopic (exact) mass is 1000 g/mol. The van der Waals surface area contributed by atoms with Gasteiger partial charge in [0.2, 0.25) is 0 Å². The summed E-state index contributed by atoms with van der Waals surface area (Å²) in [6, 6.07) is 0. The van der Waals surface area contributed by atoms with E-state index in [0.29, 0.717) is 81.1 Å². The predicted octanol–water partition coefficient (Wildman–Crippen LogP) is 5.36. The van der Waals surface area contributed by atoms with Crippen molar-refractivity contribution in [1.82, 2.24) is 0 Å². The van der Waals surface area contributed by atoms with E-state index in [0.717, 1.165) is 114 Å². The first kappa shape index (κ1) is 67.9. The van der Waals surface area contributed by atoms with Gasteiger partial charge < -0.3 is 44.8 Å². The third kappa shape index (κ3) is 33.4. The molecule has 0 aromatic carbocycles. The largest absolute Gasteiger partial charge is 0.481 e. The van der Waals surface area contributed by atoms with Gasteiger partial charge in [0.15, 0.2) is 0 Å². The Morgan fingerprint density at radius 2 is 0.786 bits per heavy atom. The molecule has 6 rings (SSSR count). The van der Waals surface area contributed by atoms with Gasteiger partial charge in [0.1, 0.15) is 24.4 Å². The average molecular weight is 1000 g/mol. The number of aliphatic hydroxyl groups excluding tert-OH is 4. The standard InChI is InChI=1S/C13H22O4.C12H20O3.C12H20O2.C8H16O2.2C2H4O2.2CO2/c1-10(14)7-13(15)17-9-12-5-3-11(4-6-12)8-16-2;1-9-3-5-11(6-4-9)8-15-12(14)7-10(2)13;13-5-7-1-10-8-3-9(6-14)11(4-8)12(10)2-7;9-5-7-1-2-8(6-10)4-3-7;2*1-2(3)4;2*2-1-3/h11-12H,3-9H2,1-2H3;9,11H,3-8H2,1-2H3;7-14H,1-6H2;7-10H,1-6H2;2*1H3,(H,3,4);;. The van der Waals surface area contributed by atoms with Crippen LogP contribution in [0.4, 0.5) is 0 Å². The highest BCUT2D eigenvalue weighted by Gasteiger charge is 2.55. The first-order valence-electron chi connectivity index (χ1n) is 24.8. The van der Waals surface area contributed by atoms with E-state index in [1.54, 1.807) is 7.11 Å². The van der Waals surface area contributed by atoms with Crippen molar-refractivity contribution in [2.75, 3.05) is 53.4 Å². The number of carbonyl (C=O) groups excluding carboxylic acids is 8. The SMILES string of the molecule is CC(=O)CC(=O)OCC1CCC(C)CC1.CC(=O)O.CC(=O)O.COCC1CCC(COC(=O)CC(C)=O)CC1.O=C=O.O=C=O.OCC1CC2C3CC(CO)C(C3)C2C1.OCC1CCC(CO)CC1. The minimum Gasteiger partial charge on any atom is -0.481 e. The van der Waals surface area contributed by atoms with Crippen LogP contribution in [0.5, 0.6) is 0 Å². The summed E-state index contributed by atoms with van der Waals surface area (Å²) in [7, 11) is 1.73. The zero-order chi connectivity index (χ0) is 53.6. The van der Waals surface area contributed by atoms with Gasteiger partial charge in [-0.25, -0.2) is 0 Å². The lowest BCUT2D eigenvalue weighted by Crippen LogP contribution is -2.26. The quantitative estimate of drug-likeness (QED) is 0.0942. The molecule has 6 N–H and O–H groups in total. The minimum absolute atomic E-state index is 0.0802. The third-order valence-corrected chi connectivity index (χ3v) is 13.9. The van der Waals surface area contributed by atoms with Gasteiger partial charge >= 0.3 is 24.2 Å². The molecule has 0 heterocycles. The fourth-order valence-corrected chi connectivity index (χ4v) is 10.5. The molecule has 404 valence electrons. The molecule has 0 aromatic rings. The van der Waals surface area contributed by atoms with Gasteiger partial charge in [-0.05, 0) is 175 Å². The lowest BCUT2D eigenvalue weighted by atomic mass is 9.76. The molecule has 6 unspecified atom stereocenters. The molecule has 6 saturated carbocycles. The maximum atomic E-state index is 11.2. The second kappa shape index (κ2) is 41.4. The molecule has 6 fully saturated rings. The number of ether oxygens (including phenoxy) is 3. The molecular formula is C51H86O19. The zero-order valence-electron chi connectivity index (χ0n) is 42.6. The van der Waals surface area contributed by atoms with Gasteiger partial charge in [-0.2, -0.15) is 19.2 Å². The number of esters is 2. The van der Waals surface area contributed by atoms with E-state index in [4.69, 9.17) is 63.4 Å². The number of carbonyl (C=O) groups is 6. The van der Waals surface area contributed by atoms with Crippen molar-refractivity contribution in [3.63, 3.8) is 0 Å². The molecule has 70 heavy (non-hydrogen) atoms. The van der Waals surface area contributed by atoms with Crippen LogP contribution in [0.25, 0.3) is 0 Å². The van der Waals surface area contributed by atoms with Crippen LogP contribution >= 0.6 is 0 Å². The Morgan fingerprint density at radius 3 is 1.11 bits per heavy atom. The molecular weight excluding hydrogens is 917 g/mol. The Balaban J connectivity index is 0. The molecule has 19 nitrogen and oxygen atoms in total. The molecule has 6 atom stereocenters. The second-order valence-electron chi connectivity index (χ2n) is 19.7. The van der Waals surface area contributed by atoms with Gasteiger partial charge in [0, 0.05) is 54.0 Å². The summed E-state index contributed by atoms with van der Waals surface area (Å²) >= 11 is 0. The van der Waals surface area contributed by atoms with Crippen molar-refractivity contribution in [3.05, 3.63) is 0 Å². The van der Waals surface area contributed by atoms with Gasteiger partial charge in [-0.1, -0.05) is 19.8 Å². The molecule has 19 heteroatoms. The summed E-state index contributed by atoms with van der Waals surface area (Å²) in [6.45, 7) is 10.5. The van der Waals surface area contributed by atoms with E-state index in [1.807, 2.05) is 0 Å². The van der Waals surface area contributed by atoms with Crippen LogP contribution in [-0.4, -0.2) is 132 Å². The smallest absolute Gasteiger partial charge is 0.373 e. The van der Waals surface area contributed by atoms with E-state index in [9.17, 15) is 29.4 Å². The number of aliphatic carboxylic acids is 2. The number of hydrogen-bond donors (Lipinski definition) is 6. The number of rotatable bonds is 14. The fraction of sp³-hybridized carbons (Fsp3) is 0.843. The average Bonchev–Trinajstić information content (AvgIpc) is 4.03. The van der Waals surface area contributed by atoms with Crippen LogP contribution in [0, 0.1) is 71.0 Å². The molecule has 0 radical (unpaired) electrons. The minimum atomic E-state index is -0.833. The number of fused-ring (bicyclic) bond motifs is 5. The van der Waals surface area contributed by atoms with Crippen LogP contribution in [0.2, 0.25) is 0 Å². The number of aliphatic hydroxyl groups is 4. The molecule has 0 saturated heterocycles. The van der Waals surface area contributed by atoms with Crippen LogP contribution < -0.4 is 0 Å². The topological polar surface area (TPSA) is 320 Å². The van der Waals surface area contributed by atoms with Crippen LogP contribution in [-0.2, 0) is 62.2 Å². The lowest BCUT2D eigenvalue weighted by molar-refractivity contribution is -0.193. The van der Waals surface area contributed by atoms with E-state index >= 15 is 0 Å². The Labute approximate surface area is 414 Å². The third-order valence-electron chi connectivity index (χ3n) is 13.9. The summed E-state index contributed by atoms with van der Waals surface area (Å²) in [4.78, 5) is 94.2. The molecule has 0 aliphatic heterocycles. The molecule has 0 amide bonds. The number of hydrogen-bond acceptors (Lipinski definition) is 17.